The Kier molecular flexibility index (Phi) is 5.44. The van der Waals surface area contributed by atoms with Crippen LogP contribution in [0.2, 0.25) is 0 Å². The molecule has 5 nitrogen and oxygen atoms in total. The fourth-order valence-electron chi connectivity index (χ4n) is 4.72. The summed E-state index contributed by atoms with van der Waals surface area (Å²) in [5.41, 5.74) is 3.46. The van der Waals surface area contributed by atoms with Gasteiger partial charge in [-0.25, -0.2) is 4.98 Å². The number of nitrogens with zero attached hydrogens (tertiary/aromatic N) is 4. The summed E-state index contributed by atoms with van der Waals surface area (Å²) in [4.78, 5) is 25.5. The van der Waals surface area contributed by atoms with Gasteiger partial charge >= 0.3 is 0 Å². The normalized spacial score (nSPS) is 22.9. The average molecular weight is 379 g/mol. The zero-order valence-electron chi connectivity index (χ0n) is 17.0. The maximum Gasteiger partial charge on any atom is 0.274 e. The first kappa shape index (κ1) is 19.1. The van der Waals surface area contributed by atoms with Crippen LogP contribution in [0.5, 0.6) is 0 Å². The van der Waals surface area contributed by atoms with Gasteiger partial charge in [0.05, 0.1) is 6.20 Å². The van der Waals surface area contributed by atoms with Gasteiger partial charge in [-0.1, -0.05) is 38.1 Å². The number of carbonyl (C=O) groups is 1. The van der Waals surface area contributed by atoms with E-state index in [2.05, 4.69) is 53.0 Å². The first-order valence-electron chi connectivity index (χ1n) is 10.4. The van der Waals surface area contributed by atoms with Gasteiger partial charge in [-0.3, -0.25) is 14.7 Å². The van der Waals surface area contributed by atoms with Crippen molar-refractivity contribution in [3.63, 3.8) is 0 Å². The molecule has 0 bridgehead atoms. The molecule has 2 aliphatic heterocycles. The molecule has 1 aromatic carbocycles. The number of hydrogen-bond acceptors (Lipinski definition) is 4. The van der Waals surface area contributed by atoms with Crippen LogP contribution >= 0.6 is 0 Å². The van der Waals surface area contributed by atoms with Crippen LogP contribution in [0, 0.1) is 5.41 Å². The number of amides is 1. The molecule has 0 saturated carbocycles. The second-order valence-corrected chi connectivity index (χ2v) is 8.78. The molecule has 5 heteroatoms. The SMILES string of the molecule is CC(C)c1ccc(CN2CCCC3(CCN(C(=O)c4cnccn4)C3)C2)cc1. The molecule has 3 heterocycles. The van der Waals surface area contributed by atoms with Gasteiger partial charge in [0.25, 0.3) is 5.91 Å². The van der Waals surface area contributed by atoms with E-state index in [1.165, 1.54) is 24.0 Å². The van der Waals surface area contributed by atoms with Gasteiger partial charge in [0.15, 0.2) is 0 Å². The van der Waals surface area contributed by atoms with Crippen LogP contribution in [0.25, 0.3) is 0 Å². The molecule has 0 N–H and O–H groups in total. The molecule has 0 radical (unpaired) electrons. The van der Waals surface area contributed by atoms with E-state index in [1.807, 2.05) is 4.90 Å². The lowest BCUT2D eigenvalue weighted by Crippen LogP contribution is -2.45. The monoisotopic (exact) mass is 378 g/mol. The van der Waals surface area contributed by atoms with Crippen molar-refractivity contribution in [3.8, 4) is 0 Å². The maximum absolute atomic E-state index is 12.7. The molecule has 148 valence electrons. The third-order valence-electron chi connectivity index (χ3n) is 6.30. The van der Waals surface area contributed by atoms with Crippen molar-refractivity contribution in [3.05, 3.63) is 59.7 Å². The molecule has 1 aromatic heterocycles. The fraction of sp³-hybridized carbons (Fsp3) is 0.522. The summed E-state index contributed by atoms with van der Waals surface area (Å²) in [6.45, 7) is 9.35. The summed E-state index contributed by atoms with van der Waals surface area (Å²) in [5.74, 6) is 0.593. The van der Waals surface area contributed by atoms with E-state index in [0.29, 0.717) is 11.6 Å². The van der Waals surface area contributed by atoms with E-state index >= 15 is 0 Å². The second-order valence-electron chi connectivity index (χ2n) is 8.78. The Balaban J connectivity index is 1.39. The molecular weight excluding hydrogens is 348 g/mol. The second kappa shape index (κ2) is 8.00. The van der Waals surface area contributed by atoms with Crippen molar-refractivity contribution < 1.29 is 4.79 Å². The van der Waals surface area contributed by atoms with Gasteiger partial charge in [0.1, 0.15) is 5.69 Å². The van der Waals surface area contributed by atoms with Gasteiger partial charge in [-0.2, -0.15) is 0 Å². The van der Waals surface area contributed by atoms with Crippen molar-refractivity contribution >= 4 is 5.91 Å². The smallest absolute Gasteiger partial charge is 0.274 e. The Morgan fingerprint density at radius 3 is 2.64 bits per heavy atom. The van der Waals surface area contributed by atoms with Crippen LogP contribution in [-0.4, -0.2) is 51.9 Å². The molecule has 4 rings (SSSR count). The molecular formula is C23H30N4O. The zero-order chi connectivity index (χ0) is 19.6. The summed E-state index contributed by atoms with van der Waals surface area (Å²) >= 11 is 0. The number of benzene rings is 1. The highest BCUT2D eigenvalue weighted by molar-refractivity contribution is 5.92. The molecule has 2 fully saturated rings. The Morgan fingerprint density at radius 2 is 1.93 bits per heavy atom. The molecule has 2 aliphatic rings. The third-order valence-corrected chi connectivity index (χ3v) is 6.30. The molecule has 28 heavy (non-hydrogen) atoms. The van der Waals surface area contributed by atoms with Crippen LogP contribution in [-0.2, 0) is 6.54 Å². The van der Waals surface area contributed by atoms with Crippen LogP contribution in [0.4, 0.5) is 0 Å². The van der Waals surface area contributed by atoms with Crippen molar-refractivity contribution in [2.45, 2.75) is 45.6 Å². The summed E-state index contributed by atoms with van der Waals surface area (Å²) in [7, 11) is 0. The predicted molar refractivity (Wildman–Crippen MR) is 110 cm³/mol. The summed E-state index contributed by atoms with van der Waals surface area (Å²) in [6, 6.07) is 9.07. The highest BCUT2D eigenvalue weighted by Crippen LogP contribution is 2.39. The largest absolute Gasteiger partial charge is 0.337 e. The summed E-state index contributed by atoms with van der Waals surface area (Å²) in [6.07, 6.45) is 8.27. The minimum Gasteiger partial charge on any atom is -0.337 e. The Bertz CT molecular complexity index is 805. The van der Waals surface area contributed by atoms with Crippen LogP contribution in [0.3, 0.4) is 0 Å². The highest BCUT2D eigenvalue weighted by atomic mass is 16.2. The van der Waals surface area contributed by atoms with Crippen molar-refractivity contribution in [2.75, 3.05) is 26.2 Å². The van der Waals surface area contributed by atoms with E-state index < -0.39 is 0 Å². The minimum absolute atomic E-state index is 0.0198. The highest BCUT2D eigenvalue weighted by Gasteiger charge is 2.43. The number of aromatic nitrogens is 2. The number of piperidine rings is 1. The topological polar surface area (TPSA) is 49.3 Å². The molecule has 2 aromatic rings. The van der Waals surface area contributed by atoms with Crippen molar-refractivity contribution in [2.24, 2.45) is 5.41 Å². The lowest BCUT2D eigenvalue weighted by molar-refractivity contribution is 0.0670. The number of rotatable bonds is 4. The molecule has 1 spiro atoms. The van der Waals surface area contributed by atoms with E-state index in [4.69, 9.17) is 0 Å². The predicted octanol–water partition coefficient (Wildman–Crippen LogP) is 3.73. The molecule has 1 unspecified atom stereocenters. The van der Waals surface area contributed by atoms with Crippen LogP contribution in [0.15, 0.2) is 42.9 Å². The first-order valence-corrected chi connectivity index (χ1v) is 10.4. The maximum atomic E-state index is 12.7. The van der Waals surface area contributed by atoms with Gasteiger partial charge in [0, 0.05) is 44.0 Å². The van der Waals surface area contributed by atoms with Gasteiger partial charge in [-0.05, 0) is 42.9 Å². The van der Waals surface area contributed by atoms with Crippen LogP contribution < -0.4 is 0 Å². The Labute approximate surface area is 167 Å². The molecule has 2 saturated heterocycles. The lowest BCUT2D eigenvalue weighted by Gasteiger charge is -2.40. The van der Waals surface area contributed by atoms with Gasteiger partial charge < -0.3 is 4.90 Å². The van der Waals surface area contributed by atoms with E-state index in [1.54, 1.807) is 18.6 Å². The van der Waals surface area contributed by atoms with E-state index in [0.717, 1.165) is 39.1 Å². The van der Waals surface area contributed by atoms with Crippen molar-refractivity contribution in [1.29, 1.82) is 0 Å². The van der Waals surface area contributed by atoms with Gasteiger partial charge in [0.2, 0.25) is 0 Å². The first-order chi connectivity index (χ1) is 13.5. The molecule has 0 aliphatic carbocycles. The Hall–Kier alpha value is -2.27. The number of carbonyl (C=O) groups excluding carboxylic acids is 1. The minimum atomic E-state index is 0.0198. The molecule has 1 atom stereocenters. The van der Waals surface area contributed by atoms with Gasteiger partial charge in [-0.15, -0.1) is 0 Å². The number of likely N-dealkylation sites (tertiary alicyclic amines) is 2. The standard InChI is InChI=1S/C23H30N4O/c1-18(2)20-6-4-19(5-7-20)15-26-12-3-8-23(16-26)9-13-27(17-23)22(28)21-14-24-10-11-25-21/h4-7,10-11,14,18H,3,8-9,12-13,15-17H2,1-2H3. The average Bonchev–Trinajstić information content (AvgIpc) is 3.11. The quantitative estimate of drug-likeness (QED) is 0.813. The molecule has 1 amide bonds. The summed E-state index contributed by atoms with van der Waals surface area (Å²) < 4.78 is 0. The van der Waals surface area contributed by atoms with Crippen molar-refractivity contribution in [1.82, 2.24) is 19.8 Å². The van der Waals surface area contributed by atoms with E-state index in [-0.39, 0.29) is 11.3 Å². The van der Waals surface area contributed by atoms with E-state index in [9.17, 15) is 4.79 Å². The third kappa shape index (κ3) is 4.09. The van der Waals surface area contributed by atoms with Crippen LogP contribution in [0.1, 0.15) is 60.6 Å². The lowest BCUT2D eigenvalue weighted by atomic mass is 9.79. The zero-order valence-corrected chi connectivity index (χ0v) is 17.0. The fourth-order valence-corrected chi connectivity index (χ4v) is 4.72. The summed E-state index contributed by atoms with van der Waals surface area (Å²) in [5, 5.41) is 0. The Morgan fingerprint density at radius 1 is 1.11 bits per heavy atom. The number of hydrogen-bond donors (Lipinski definition) is 0.